The summed E-state index contributed by atoms with van der Waals surface area (Å²) >= 11 is 0. The molecular formula is C22H32N2O4S. The normalized spacial score (nSPS) is 11.7. The SMILES string of the molecule is CCCN(CCC)CCCNC(=O)c1ccc(CS(=O)(=O)c2ccccc2C)o1. The van der Waals surface area contributed by atoms with Crippen LogP contribution in [0, 0.1) is 6.92 Å². The topological polar surface area (TPSA) is 79.6 Å². The van der Waals surface area contributed by atoms with Gasteiger partial charge < -0.3 is 14.6 Å². The van der Waals surface area contributed by atoms with Crippen molar-refractivity contribution in [3.8, 4) is 0 Å². The molecule has 160 valence electrons. The summed E-state index contributed by atoms with van der Waals surface area (Å²) < 4.78 is 30.7. The first-order valence-corrected chi connectivity index (χ1v) is 11.9. The number of amides is 1. The summed E-state index contributed by atoms with van der Waals surface area (Å²) in [5, 5.41) is 2.85. The molecule has 1 N–H and O–H groups in total. The van der Waals surface area contributed by atoms with Gasteiger partial charge in [-0.3, -0.25) is 4.79 Å². The number of hydrogen-bond acceptors (Lipinski definition) is 5. The van der Waals surface area contributed by atoms with E-state index < -0.39 is 9.84 Å². The van der Waals surface area contributed by atoms with Gasteiger partial charge in [-0.15, -0.1) is 0 Å². The molecule has 1 aromatic heterocycles. The maximum Gasteiger partial charge on any atom is 0.286 e. The molecule has 2 aromatic rings. The van der Waals surface area contributed by atoms with E-state index in [1.807, 2.05) is 0 Å². The van der Waals surface area contributed by atoms with Gasteiger partial charge in [-0.05, 0) is 69.6 Å². The van der Waals surface area contributed by atoms with Crippen LogP contribution in [0.5, 0.6) is 0 Å². The fourth-order valence-corrected chi connectivity index (χ4v) is 4.84. The Morgan fingerprint density at radius 1 is 1.03 bits per heavy atom. The van der Waals surface area contributed by atoms with E-state index in [0.29, 0.717) is 12.1 Å². The number of hydrogen-bond donors (Lipinski definition) is 1. The number of carbonyl (C=O) groups excluding carboxylic acids is 1. The van der Waals surface area contributed by atoms with Crippen molar-refractivity contribution in [2.45, 2.75) is 50.7 Å². The molecule has 1 amide bonds. The highest BCUT2D eigenvalue weighted by atomic mass is 32.2. The average molecular weight is 421 g/mol. The summed E-state index contributed by atoms with van der Waals surface area (Å²) in [5.41, 5.74) is 0.692. The van der Waals surface area contributed by atoms with Gasteiger partial charge in [0.1, 0.15) is 11.5 Å². The molecule has 0 bridgehead atoms. The predicted octanol–water partition coefficient (Wildman–Crippen LogP) is 3.80. The molecule has 0 unspecified atom stereocenters. The Kier molecular flexibility index (Phi) is 8.92. The number of nitrogens with zero attached hydrogens (tertiary/aromatic N) is 1. The van der Waals surface area contributed by atoms with Gasteiger partial charge in [0.05, 0.1) is 4.90 Å². The molecule has 0 spiro atoms. The van der Waals surface area contributed by atoms with Crippen molar-refractivity contribution < 1.29 is 17.6 Å². The van der Waals surface area contributed by atoms with Gasteiger partial charge in [-0.25, -0.2) is 8.42 Å². The molecule has 0 saturated heterocycles. The lowest BCUT2D eigenvalue weighted by Crippen LogP contribution is -2.31. The Labute approximate surface area is 174 Å². The third-order valence-electron chi connectivity index (χ3n) is 4.66. The molecule has 7 heteroatoms. The van der Waals surface area contributed by atoms with E-state index in [1.165, 1.54) is 6.07 Å². The standard InChI is InChI=1S/C22H32N2O4S/c1-4-14-24(15-5-2)16-8-13-23-22(25)20-12-11-19(28-20)17-29(26,27)21-10-7-6-9-18(21)3/h6-7,9-12H,4-5,8,13-17H2,1-3H3,(H,23,25). The first-order valence-electron chi connectivity index (χ1n) is 10.2. The molecule has 0 aliphatic rings. The Morgan fingerprint density at radius 3 is 2.38 bits per heavy atom. The van der Waals surface area contributed by atoms with Crippen molar-refractivity contribution in [3.63, 3.8) is 0 Å². The minimum atomic E-state index is -3.53. The van der Waals surface area contributed by atoms with Gasteiger partial charge in [0.25, 0.3) is 5.91 Å². The van der Waals surface area contributed by atoms with E-state index in [2.05, 4.69) is 24.1 Å². The Balaban J connectivity index is 1.87. The quantitative estimate of drug-likeness (QED) is 0.528. The Morgan fingerprint density at radius 2 is 1.72 bits per heavy atom. The van der Waals surface area contributed by atoms with E-state index in [4.69, 9.17) is 4.42 Å². The lowest BCUT2D eigenvalue weighted by atomic mass is 10.2. The van der Waals surface area contributed by atoms with Crippen molar-refractivity contribution in [1.29, 1.82) is 0 Å². The van der Waals surface area contributed by atoms with Crippen LogP contribution < -0.4 is 5.32 Å². The van der Waals surface area contributed by atoms with Gasteiger partial charge in [-0.2, -0.15) is 0 Å². The van der Waals surface area contributed by atoms with Crippen molar-refractivity contribution in [2.75, 3.05) is 26.2 Å². The lowest BCUT2D eigenvalue weighted by molar-refractivity contribution is 0.0922. The maximum absolute atomic E-state index is 12.6. The highest BCUT2D eigenvalue weighted by Gasteiger charge is 2.20. The van der Waals surface area contributed by atoms with Crippen LogP contribution in [0.15, 0.2) is 45.7 Å². The molecule has 2 rings (SSSR count). The molecule has 0 radical (unpaired) electrons. The third-order valence-corrected chi connectivity index (χ3v) is 6.46. The van der Waals surface area contributed by atoms with Crippen LogP contribution in [-0.2, 0) is 15.6 Å². The van der Waals surface area contributed by atoms with Crippen LogP contribution in [-0.4, -0.2) is 45.4 Å². The van der Waals surface area contributed by atoms with E-state index in [9.17, 15) is 13.2 Å². The van der Waals surface area contributed by atoms with Crippen molar-refractivity contribution in [2.24, 2.45) is 0 Å². The van der Waals surface area contributed by atoms with Crippen molar-refractivity contribution in [3.05, 3.63) is 53.5 Å². The minimum Gasteiger partial charge on any atom is -0.455 e. The van der Waals surface area contributed by atoms with Crippen LogP contribution in [0.2, 0.25) is 0 Å². The second-order valence-electron chi connectivity index (χ2n) is 7.24. The smallest absolute Gasteiger partial charge is 0.286 e. The van der Waals surface area contributed by atoms with Crippen LogP contribution in [0.25, 0.3) is 0 Å². The zero-order valence-electron chi connectivity index (χ0n) is 17.6. The first-order chi connectivity index (χ1) is 13.9. The zero-order chi connectivity index (χ0) is 21.3. The van der Waals surface area contributed by atoms with Gasteiger partial charge in [0, 0.05) is 6.54 Å². The maximum atomic E-state index is 12.6. The van der Waals surface area contributed by atoms with E-state index in [0.717, 1.165) is 38.9 Å². The molecular weight excluding hydrogens is 388 g/mol. The van der Waals surface area contributed by atoms with Gasteiger partial charge in [0.15, 0.2) is 15.6 Å². The third kappa shape index (κ3) is 7.01. The minimum absolute atomic E-state index is 0.138. The van der Waals surface area contributed by atoms with Crippen LogP contribution in [0.3, 0.4) is 0 Å². The summed E-state index contributed by atoms with van der Waals surface area (Å²) in [6.45, 7) is 9.73. The number of rotatable bonds is 12. The number of aryl methyl sites for hydroxylation is 1. The van der Waals surface area contributed by atoms with Crippen LogP contribution >= 0.6 is 0 Å². The number of nitrogens with one attached hydrogen (secondary N) is 1. The number of carbonyl (C=O) groups is 1. The molecule has 0 aliphatic heterocycles. The molecule has 1 aromatic carbocycles. The summed E-state index contributed by atoms with van der Waals surface area (Å²) in [5.74, 6) is -0.190. The van der Waals surface area contributed by atoms with E-state index in [1.54, 1.807) is 37.3 Å². The molecule has 1 heterocycles. The number of benzene rings is 1. The van der Waals surface area contributed by atoms with E-state index >= 15 is 0 Å². The second-order valence-corrected chi connectivity index (χ2v) is 9.20. The van der Waals surface area contributed by atoms with Gasteiger partial charge in [-0.1, -0.05) is 32.0 Å². The average Bonchev–Trinajstić information content (AvgIpc) is 3.13. The number of sulfone groups is 1. The number of furan rings is 1. The molecule has 29 heavy (non-hydrogen) atoms. The molecule has 6 nitrogen and oxygen atoms in total. The fraction of sp³-hybridized carbons (Fsp3) is 0.500. The Hall–Kier alpha value is -2.12. The van der Waals surface area contributed by atoms with Crippen molar-refractivity contribution >= 4 is 15.7 Å². The summed E-state index contributed by atoms with van der Waals surface area (Å²) in [7, 11) is -3.53. The first kappa shape index (κ1) is 23.2. The largest absolute Gasteiger partial charge is 0.455 e. The zero-order valence-corrected chi connectivity index (χ0v) is 18.4. The molecule has 0 saturated carbocycles. The predicted molar refractivity (Wildman–Crippen MR) is 115 cm³/mol. The Bertz CT molecular complexity index is 884. The van der Waals surface area contributed by atoms with Crippen LogP contribution in [0.1, 0.15) is 55.0 Å². The van der Waals surface area contributed by atoms with Crippen LogP contribution in [0.4, 0.5) is 0 Å². The highest BCUT2D eigenvalue weighted by Crippen LogP contribution is 2.21. The second kappa shape index (κ2) is 11.2. The lowest BCUT2D eigenvalue weighted by Gasteiger charge is -2.20. The summed E-state index contributed by atoms with van der Waals surface area (Å²) in [6.07, 6.45) is 3.10. The van der Waals surface area contributed by atoms with Gasteiger partial charge in [0.2, 0.25) is 0 Å². The highest BCUT2D eigenvalue weighted by molar-refractivity contribution is 7.90. The molecule has 0 fully saturated rings. The fourth-order valence-electron chi connectivity index (χ4n) is 3.31. The monoisotopic (exact) mass is 420 g/mol. The summed E-state index contributed by atoms with van der Waals surface area (Å²) in [4.78, 5) is 15.0. The molecule has 0 aliphatic carbocycles. The molecule has 0 atom stereocenters. The van der Waals surface area contributed by atoms with E-state index in [-0.39, 0.29) is 28.1 Å². The van der Waals surface area contributed by atoms with Crippen molar-refractivity contribution in [1.82, 2.24) is 10.2 Å². The summed E-state index contributed by atoms with van der Waals surface area (Å²) in [6, 6.07) is 9.92. The van der Waals surface area contributed by atoms with Gasteiger partial charge >= 0.3 is 0 Å².